The topological polar surface area (TPSA) is 25.8 Å². The van der Waals surface area contributed by atoms with Crippen molar-refractivity contribution in [2.45, 2.75) is 0 Å². The molecule has 1 aromatic heterocycles. The van der Waals surface area contributed by atoms with Crippen LogP contribution in [-0.4, -0.2) is 10.2 Å². The molecule has 0 atom stereocenters. The van der Waals surface area contributed by atoms with Crippen molar-refractivity contribution >= 4 is 11.6 Å². The summed E-state index contributed by atoms with van der Waals surface area (Å²) in [4.78, 5) is 0. The zero-order valence-electron chi connectivity index (χ0n) is 13.4. The Bertz CT molecular complexity index is 981. The molecule has 2 nitrogen and oxygen atoms in total. The molecule has 0 bridgehead atoms. The lowest BCUT2D eigenvalue weighted by Crippen LogP contribution is -1.95. The van der Waals surface area contributed by atoms with Crippen LogP contribution in [-0.2, 0) is 0 Å². The molecule has 0 saturated carbocycles. The smallest absolute Gasteiger partial charge is 0.101 e. The molecule has 3 heteroatoms. The molecule has 1 heterocycles. The summed E-state index contributed by atoms with van der Waals surface area (Å²) in [5, 5.41) is 9.70. The molecule has 4 rings (SSSR count). The SMILES string of the molecule is Clc1ccc(-c2nnc(-c3ccccc3)cc2-c2ccccc2)cc1. The van der Waals surface area contributed by atoms with Crippen molar-refractivity contribution < 1.29 is 0 Å². The van der Waals surface area contributed by atoms with Crippen LogP contribution in [0.5, 0.6) is 0 Å². The van der Waals surface area contributed by atoms with Gasteiger partial charge in [-0.1, -0.05) is 84.4 Å². The Labute approximate surface area is 151 Å². The van der Waals surface area contributed by atoms with E-state index in [1.165, 1.54) is 0 Å². The first-order valence-electron chi connectivity index (χ1n) is 8.06. The van der Waals surface area contributed by atoms with Crippen molar-refractivity contribution in [3.05, 3.63) is 96.0 Å². The molecule has 0 unspecified atom stereocenters. The van der Waals surface area contributed by atoms with Gasteiger partial charge < -0.3 is 0 Å². The maximum atomic E-state index is 6.03. The molecular weight excluding hydrogens is 328 g/mol. The van der Waals surface area contributed by atoms with Crippen LogP contribution in [0.2, 0.25) is 5.02 Å². The third-order valence-electron chi connectivity index (χ3n) is 4.07. The Morgan fingerprint density at radius 1 is 0.560 bits per heavy atom. The van der Waals surface area contributed by atoms with E-state index < -0.39 is 0 Å². The highest BCUT2D eigenvalue weighted by Gasteiger charge is 2.12. The van der Waals surface area contributed by atoms with Gasteiger partial charge in [-0.15, -0.1) is 10.2 Å². The van der Waals surface area contributed by atoms with Crippen LogP contribution >= 0.6 is 11.6 Å². The number of rotatable bonds is 3. The van der Waals surface area contributed by atoms with E-state index in [0.717, 1.165) is 33.6 Å². The van der Waals surface area contributed by atoms with Gasteiger partial charge in [0, 0.05) is 21.7 Å². The Morgan fingerprint density at radius 3 is 1.80 bits per heavy atom. The van der Waals surface area contributed by atoms with Crippen LogP contribution in [0.3, 0.4) is 0 Å². The molecule has 25 heavy (non-hydrogen) atoms. The minimum atomic E-state index is 0.707. The van der Waals surface area contributed by atoms with E-state index >= 15 is 0 Å². The maximum absolute atomic E-state index is 6.03. The molecule has 0 aliphatic heterocycles. The Balaban J connectivity index is 1.91. The van der Waals surface area contributed by atoms with Gasteiger partial charge in [0.2, 0.25) is 0 Å². The normalized spacial score (nSPS) is 10.6. The lowest BCUT2D eigenvalue weighted by atomic mass is 9.98. The standard InChI is InChI=1S/C22H15ClN2/c23-19-13-11-18(12-14-19)22-20(16-7-3-1-4-8-16)15-21(24-25-22)17-9-5-2-6-10-17/h1-15H. The first kappa shape index (κ1) is 15.6. The summed E-state index contributed by atoms with van der Waals surface area (Å²) < 4.78 is 0. The zero-order chi connectivity index (χ0) is 17.1. The van der Waals surface area contributed by atoms with Crippen molar-refractivity contribution in [3.63, 3.8) is 0 Å². The number of hydrogen-bond acceptors (Lipinski definition) is 2. The number of benzene rings is 3. The van der Waals surface area contributed by atoms with Gasteiger partial charge >= 0.3 is 0 Å². The first-order valence-corrected chi connectivity index (χ1v) is 8.43. The molecule has 0 aliphatic rings. The highest BCUT2D eigenvalue weighted by Crippen LogP contribution is 2.33. The molecule has 3 aromatic carbocycles. The van der Waals surface area contributed by atoms with Crippen molar-refractivity contribution in [2.75, 3.05) is 0 Å². The molecule has 4 aromatic rings. The predicted octanol–water partition coefficient (Wildman–Crippen LogP) is 6.13. The van der Waals surface area contributed by atoms with E-state index in [-0.39, 0.29) is 0 Å². The highest BCUT2D eigenvalue weighted by atomic mass is 35.5. The lowest BCUT2D eigenvalue weighted by Gasteiger charge is -2.11. The van der Waals surface area contributed by atoms with Crippen LogP contribution in [0.4, 0.5) is 0 Å². The van der Waals surface area contributed by atoms with E-state index in [1.807, 2.05) is 72.8 Å². The van der Waals surface area contributed by atoms with E-state index in [0.29, 0.717) is 5.02 Å². The number of halogens is 1. The number of aromatic nitrogens is 2. The fraction of sp³-hybridized carbons (Fsp3) is 0. The molecule has 120 valence electrons. The van der Waals surface area contributed by atoms with E-state index in [9.17, 15) is 0 Å². The summed E-state index contributed by atoms with van der Waals surface area (Å²) in [7, 11) is 0. The van der Waals surface area contributed by atoms with E-state index in [2.05, 4.69) is 28.4 Å². The van der Waals surface area contributed by atoms with Crippen LogP contribution in [0.25, 0.3) is 33.6 Å². The largest absolute Gasteiger partial charge is 0.150 e. The summed E-state index contributed by atoms with van der Waals surface area (Å²) >= 11 is 6.03. The van der Waals surface area contributed by atoms with Gasteiger partial charge in [0.05, 0.1) is 5.69 Å². The molecule has 0 amide bonds. The summed E-state index contributed by atoms with van der Waals surface area (Å²) in [5.41, 5.74) is 5.92. The summed E-state index contributed by atoms with van der Waals surface area (Å²) in [5.74, 6) is 0. The lowest BCUT2D eigenvalue weighted by molar-refractivity contribution is 1.05. The maximum Gasteiger partial charge on any atom is 0.101 e. The highest BCUT2D eigenvalue weighted by molar-refractivity contribution is 6.30. The Morgan fingerprint density at radius 2 is 1.16 bits per heavy atom. The van der Waals surface area contributed by atoms with Crippen LogP contribution in [0.15, 0.2) is 91.0 Å². The zero-order valence-corrected chi connectivity index (χ0v) is 14.2. The molecular formula is C22H15ClN2. The monoisotopic (exact) mass is 342 g/mol. The fourth-order valence-corrected chi connectivity index (χ4v) is 2.93. The second-order valence-electron chi connectivity index (χ2n) is 5.73. The number of nitrogens with zero attached hydrogens (tertiary/aromatic N) is 2. The van der Waals surface area contributed by atoms with Crippen LogP contribution in [0.1, 0.15) is 0 Å². The third kappa shape index (κ3) is 3.30. The summed E-state index contributed by atoms with van der Waals surface area (Å²) in [6.45, 7) is 0. The van der Waals surface area contributed by atoms with E-state index in [4.69, 9.17) is 11.6 Å². The minimum Gasteiger partial charge on any atom is -0.150 e. The molecule has 0 saturated heterocycles. The molecule has 0 N–H and O–H groups in total. The quantitative estimate of drug-likeness (QED) is 0.447. The average Bonchev–Trinajstić information content (AvgIpc) is 2.70. The van der Waals surface area contributed by atoms with Gasteiger partial charge in [-0.2, -0.15) is 0 Å². The van der Waals surface area contributed by atoms with Crippen molar-refractivity contribution in [2.24, 2.45) is 0 Å². The second-order valence-corrected chi connectivity index (χ2v) is 6.17. The summed E-state index contributed by atoms with van der Waals surface area (Å²) in [6.07, 6.45) is 0. The molecule has 0 fully saturated rings. The second kappa shape index (κ2) is 6.88. The molecule has 0 aliphatic carbocycles. The van der Waals surface area contributed by atoms with Crippen molar-refractivity contribution in [1.82, 2.24) is 10.2 Å². The van der Waals surface area contributed by atoms with Crippen LogP contribution < -0.4 is 0 Å². The third-order valence-corrected chi connectivity index (χ3v) is 4.32. The molecule has 0 radical (unpaired) electrons. The van der Waals surface area contributed by atoms with Crippen LogP contribution in [0, 0.1) is 0 Å². The van der Waals surface area contributed by atoms with Crippen molar-refractivity contribution in [3.8, 4) is 33.6 Å². The average molecular weight is 343 g/mol. The Kier molecular flexibility index (Phi) is 4.28. The fourth-order valence-electron chi connectivity index (χ4n) is 2.80. The Hall–Kier alpha value is -2.97. The van der Waals surface area contributed by atoms with Crippen molar-refractivity contribution in [1.29, 1.82) is 0 Å². The first-order chi connectivity index (χ1) is 12.3. The minimum absolute atomic E-state index is 0.707. The molecule has 0 spiro atoms. The predicted molar refractivity (Wildman–Crippen MR) is 103 cm³/mol. The van der Waals surface area contributed by atoms with Gasteiger partial charge in [0.15, 0.2) is 0 Å². The van der Waals surface area contributed by atoms with E-state index in [1.54, 1.807) is 0 Å². The van der Waals surface area contributed by atoms with Gasteiger partial charge in [-0.05, 0) is 23.8 Å². The summed E-state index contributed by atoms with van der Waals surface area (Å²) in [6, 6.07) is 30.1. The van der Waals surface area contributed by atoms with Gasteiger partial charge in [-0.25, -0.2) is 0 Å². The van der Waals surface area contributed by atoms with Gasteiger partial charge in [0.25, 0.3) is 0 Å². The van der Waals surface area contributed by atoms with Gasteiger partial charge in [0.1, 0.15) is 5.69 Å². The van der Waals surface area contributed by atoms with Gasteiger partial charge in [-0.3, -0.25) is 0 Å². The number of hydrogen-bond donors (Lipinski definition) is 0.